The van der Waals surface area contributed by atoms with Gasteiger partial charge in [0, 0.05) is 38.1 Å². The van der Waals surface area contributed by atoms with Gasteiger partial charge in [0.05, 0.1) is 30.3 Å². The van der Waals surface area contributed by atoms with E-state index < -0.39 is 17.5 Å². The molecule has 1 aromatic heterocycles. The van der Waals surface area contributed by atoms with Gasteiger partial charge in [0.2, 0.25) is 5.91 Å². The highest BCUT2D eigenvalue weighted by atomic mass is 19.1. The lowest BCUT2D eigenvalue weighted by atomic mass is 10.1. The third kappa shape index (κ3) is 5.26. The first-order valence-electron chi connectivity index (χ1n) is 12.2. The number of amides is 2. The molecule has 2 aromatic rings. The standard InChI is InChI=1S/C25H30FN9O3/c1-25(2,3)38-24(37)32-8-9-34(22(36)15-32)20-7-5-6-17(23(20)26)12-35-21-14-33(16-27-19(21)11-29-35)30-18-10-28-31(4)13-18/h5-7,10-11,13-14,16,29-30H,8-9,12,15H2,1-4H3. The van der Waals surface area contributed by atoms with E-state index in [0.29, 0.717) is 11.3 Å². The highest BCUT2D eigenvalue weighted by Crippen LogP contribution is 2.29. The number of anilines is 2. The molecule has 200 valence electrons. The number of aryl methyl sites for hydroxylation is 1. The molecule has 0 bridgehead atoms. The summed E-state index contributed by atoms with van der Waals surface area (Å²) in [7, 11) is 1.83. The van der Waals surface area contributed by atoms with Crippen molar-refractivity contribution in [2.45, 2.75) is 32.9 Å². The summed E-state index contributed by atoms with van der Waals surface area (Å²) in [5.74, 6) is -0.866. The molecule has 0 spiro atoms. The molecule has 13 heteroatoms. The van der Waals surface area contributed by atoms with Crippen molar-refractivity contribution in [2.24, 2.45) is 12.0 Å². The van der Waals surface area contributed by atoms with Crippen molar-refractivity contribution < 1.29 is 18.7 Å². The lowest BCUT2D eigenvalue weighted by molar-refractivity contribution is -0.121. The highest BCUT2D eigenvalue weighted by Gasteiger charge is 2.33. The second-order valence-corrected chi connectivity index (χ2v) is 10.1. The van der Waals surface area contributed by atoms with E-state index in [0.717, 1.165) is 11.4 Å². The number of carbonyl (C=O) groups is 2. The number of nitrogens with zero attached hydrogens (tertiary/aromatic N) is 7. The van der Waals surface area contributed by atoms with Gasteiger partial charge in [0.15, 0.2) is 5.82 Å². The molecule has 1 fully saturated rings. The van der Waals surface area contributed by atoms with Gasteiger partial charge in [-0.2, -0.15) is 5.10 Å². The summed E-state index contributed by atoms with van der Waals surface area (Å²) in [6, 6.07) is 4.97. The molecule has 1 aromatic carbocycles. The van der Waals surface area contributed by atoms with Crippen LogP contribution < -0.4 is 15.8 Å². The number of fused-ring (bicyclic) bond motifs is 1. The average molecular weight is 524 g/mol. The maximum Gasteiger partial charge on any atom is 0.410 e. The first-order valence-corrected chi connectivity index (χ1v) is 12.2. The molecule has 2 amide bonds. The summed E-state index contributed by atoms with van der Waals surface area (Å²) in [5, 5.41) is 7.61. The fraction of sp³-hybridized carbons (Fsp3) is 0.360. The molecule has 5 rings (SSSR count). The first kappa shape index (κ1) is 25.1. The van der Waals surface area contributed by atoms with Crippen LogP contribution in [0, 0.1) is 5.82 Å². The molecule has 38 heavy (non-hydrogen) atoms. The second-order valence-electron chi connectivity index (χ2n) is 10.1. The largest absolute Gasteiger partial charge is 0.444 e. The Labute approximate surface area is 219 Å². The van der Waals surface area contributed by atoms with Gasteiger partial charge >= 0.3 is 6.09 Å². The zero-order chi connectivity index (χ0) is 27.0. The lowest BCUT2D eigenvalue weighted by Crippen LogP contribution is -2.53. The predicted molar refractivity (Wildman–Crippen MR) is 139 cm³/mol. The number of hydrogen-bond acceptors (Lipinski definition) is 9. The van der Waals surface area contributed by atoms with Crippen molar-refractivity contribution in [2.75, 3.05) is 30.0 Å². The number of nitrogens with one attached hydrogen (secondary N) is 2. The van der Waals surface area contributed by atoms with E-state index in [1.807, 2.05) is 19.4 Å². The minimum Gasteiger partial charge on any atom is -0.444 e. The van der Waals surface area contributed by atoms with Gasteiger partial charge in [-0.25, -0.2) is 19.2 Å². The minimum absolute atomic E-state index is 0.168. The monoisotopic (exact) mass is 523 g/mol. The van der Waals surface area contributed by atoms with Crippen LogP contribution in [0.1, 0.15) is 26.3 Å². The van der Waals surface area contributed by atoms with Gasteiger partial charge in [-0.3, -0.25) is 24.8 Å². The van der Waals surface area contributed by atoms with E-state index in [-0.39, 0.29) is 37.8 Å². The quantitative estimate of drug-likeness (QED) is 0.615. The fourth-order valence-electron chi connectivity index (χ4n) is 4.25. The smallest absolute Gasteiger partial charge is 0.410 e. The Morgan fingerprint density at radius 3 is 2.79 bits per heavy atom. The molecule has 4 heterocycles. The number of carbonyl (C=O) groups excluding carboxylic acids is 2. The summed E-state index contributed by atoms with van der Waals surface area (Å²) in [6.45, 7) is 5.72. The van der Waals surface area contributed by atoms with Crippen LogP contribution in [-0.4, -0.2) is 68.3 Å². The molecule has 0 aliphatic carbocycles. The van der Waals surface area contributed by atoms with E-state index in [1.165, 1.54) is 9.80 Å². The van der Waals surface area contributed by atoms with Gasteiger partial charge < -0.3 is 15.1 Å². The van der Waals surface area contributed by atoms with Crippen molar-refractivity contribution in [3.63, 3.8) is 0 Å². The number of hydrazine groups is 2. The first-order chi connectivity index (χ1) is 18.1. The van der Waals surface area contributed by atoms with E-state index >= 15 is 4.39 Å². The summed E-state index contributed by atoms with van der Waals surface area (Å²) in [4.78, 5) is 32.4. The molecule has 0 radical (unpaired) electrons. The number of benzene rings is 1. The topological polar surface area (TPSA) is 111 Å². The van der Waals surface area contributed by atoms with E-state index in [2.05, 4.69) is 20.9 Å². The molecule has 1 saturated heterocycles. The Bertz CT molecular complexity index is 1340. The van der Waals surface area contributed by atoms with Crippen LogP contribution in [0.5, 0.6) is 0 Å². The zero-order valence-corrected chi connectivity index (χ0v) is 21.7. The molecule has 2 N–H and O–H groups in total. The van der Waals surface area contributed by atoms with Crippen LogP contribution in [0.4, 0.5) is 20.6 Å². The molecular weight excluding hydrogens is 493 g/mol. The third-order valence-electron chi connectivity index (χ3n) is 6.01. The van der Waals surface area contributed by atoms with Crippen LogP contribution in [0.15, 0.2) is 59.4 Å². The molecular formula is C25H30FN9O3. The highest BCUT2D eigenvalue weighted by molar-refractivity contribution is 5.97. The summed E-state index contributed by atoms with van der Waals surface area (Å²) in [5.41, 5.74) is 8.45. The Hall–Kier alpha value is -4.55. The number of halogens is 1. The number of piperazine rings is 1. The Balaban J connectivity index is 1.27. The molecule has 0 unspecified atom stereocenters. The predicted octanol–water partition coefficient (Wildman–Crippen LogP) is 2.52. The van der Waals surface area contributed by atoms with Crippen molar-refractivity contribution in [3.8, 4) is 0 Å². The van der Waals surface area contributed by atoms with Crippen molar-refractivity contribution in [3.05, 3.63) is 65.8 Å². The van der Waals surface area contributed by atoms with Crippen LogP contribution >= 0.6 is 0 Å². The van der Waals surface area contributed by atoms with E-state index in [4.69, 9.17) is 4.74 Å². The number of ether oxygens (including phenoxy) is 1. The maximum absolute atomic E-state index is 15.7. The van der Waals surface area contributed by atoms with E-state index in [1.54, 1.807) is 72.4 Å². The van der Waals surface area contributed by atoms with Gasteiger partial charge in [-0.05, 0) is 26.8 Å². The summed E-state index contributed by atoms with van der Waals surface area (Å²) >= 11 is 0. The Morgan fingerprint density at radius 1 is 1.26 bits per heavy atom. The Kier molecular flexibility index (Phi) is 6.43. The fourth-order valence-corrected chi connectivity index (χ4v) is 4.25. The lowest BCUT2D eigenvalue weighted by Gasteiger charge is -2.35. The van der Waals surface area contributed by atoms with Gasteiger partial charge in [0.25, 0.3) is 0 Å². The molecule has 12 nitrogen and oxygen atoms in total. The zero-order valence-electron chi connectivity index (χ0n) is 21.7. The normalized spacial score (nSPS) is 17.2. The van der Waals surface area contributed by atoms with Crippen LogP contribution in [0.25, 0.3) is 0 Å². The molecule has 3 aliphatic heterocycles. The second kappa shape index (κ2) is 9.72. The summed E-state index contributed by atoms with van der Waals surface area (Å²) in [6.07, 6.45) is 8.18. The molecule has 0 saturated carbocycles. The number of rotatable bonds is 5. The molecule has 0 atom stereocenters. The van der Waals surface area contributed by atoms with Gasteiger partial charge in [0.1, 0.15) is 29.9 Å². The maximum atomic E-state index is 15.7. The van der Waals surface area contributed by atoms with Crippen LogP contribution in [0.2, 0.25) is 0 Å². The Morgan fingerprint density at radius 2 is 2.08 bits per heavy atom. The van der Waals surface area contributed by atoms with Gasteiger partial charge in [-0.1, -0.05) is 12.1 Å². The van der Waals surface area contributed by atoms with E-state index in [9.17, 15) is 9.59 Å². The van der Waals surface area contributed by atoms with Crippen molar-refractivity contribution in [1.82, 2.24) is 30.1 Å². The van der Waals surface area contributed by atoms with Gasteiger partial charge in [-0.15, -0.1) is 0 Å². The summed E-state index contributed by atoms with van der Waals surface area (Å²) < 4.78 is 22.8. The van der Waals surface area contributed by atoms with Crippen LogP contribution in [-0.2, 0) is 23.1 Å². The number of aliphatic imine (C=N–C) groups is 1. The van der Waals surface area contributed by atoms with Crippen molar-refractivity contribution >= 4 is 29.7 Å². The molecule has 3 aliphatic rings. The van der Waals surface area contributed by atoms with Crippen molar-refractivity contribution in [1.29, 1.82) is 0 Å². The average Bonchev–Trinajstić information content (AvgIpc) is 3.45. The number of hydrogen-bond donors (Lipinski definition) is 2. The third-order valence-corrected chi connectivity index (χ3v) is 6.01. The number of aromatic nitrogens is 2. The van der Waals surface area contributed by atoms with Crippen LogP contribution in [0.3, 0.4) is 0 Å². The SMILES string of the molecule is Cn1cc(NN2C=NC3=CNN(Cc4cccc(N5CCN(C(=O)OC(C)(C)C)CC5=O)c4F)C3=C2)cn1. The minimum atomic E-state index is -0.666.